The average Bonchev–Trinajstić information content (AvgIpc) is 3.04. The highest BCUT2D eigenvalue weighted by Gasteiger charge is 2.25. The molecule has 2 N–H and O–H groups in total. The van der Waals surface area contributed by atoms with E-state index in [-0.39, 0.29) is 6.04 Å². The Morgan fingerprint density at radius 3 is 2.55 bits per heavy atom. The molecule has 0 spiro atoms. The molecule has 1 aromatic heterocycles. The van der Waals surface area contributed by atoms with E-state index in [1.54, 1.807) is 11.6 Å². The lowest BCUT2D eigenvalue weighted by molar-refractivity contribution is 0.538. The molecule has 20 heavy (non-hydrogen) atoms. The van der Waals surface area contributed by atoms with Crippen LogP contribution in [-0.4, -0.2) is 36.8 Å². The number of nitrogens with one attached hydrogen (secondary N) is 2. The van der Waals surface area contributed by atoms with Gasteiger partial charge in [0.25, 0.3) is 0 Å². The van der Waals surface area contributed by atoms with E-state index in [0.29, 0.717) is 28.9 Å². The number of aryl methyl sites for hydroxylation is 1. The number of hydrogen-bond acceptors (Lipinski definition) is 4. The highest BCUT2D eigenvalue weighted by Crippen LogP contribution is 2.20. The van der Waals surface area contributed by atoms with Gasteiger partial charge >= 0.3 is 0 Å². The third-order valence-corrected chi connectivity index (χ3v) is 5.22. The van der Waals surface area contributed by atoms with E-state index < -0.39 is 10.0 Å². The Kier molecular flexibility index (Phi) is 4.51. The summed E-state index contributed by atoms with van der Waals surface area (Å²) in [5.74, 6) is 0. The maximum absolute atomic E-state index is 12.3. The van der Waals surface area contributed by atoms with Gasteiger partial charge in [0.1, 0.15) is 4.90 Å². The van der Waals surface area contributed by atoms with E-state index in [1.807, 2.05) is 20.8 Å². The highest BCUT2D eigenvalue weighted by molar-refractivity contribution is 7.89. The lowest BCUT2D eigenvalue weighted by Gasteiger charge is -2.10. The average molecular weight is 300 g/mol. The number of sulfonamides is 1. The Morgan fingerprint density at radius 1 is 1.35 bits per heavy atom. The van der Waals surface area contributed by atoms with Gasteiger partial charge in [-0.25, -0.2) is 13.1 Å². The fourth-order valence-corrected chi connectivity index (χ4v) is 3.98. The van der Waals surface area contributed by atoms with E-state index in [4.69, 9.17) is 0 Å². The highest BCUT2D eigenvalue weighted by atomic mass is 32.2. The zero-order valence-electron chi connectivity index (χ0n) is 12.6. The van der Waals surface area contributed by atoms with Crippen molar-refractivity contribution in [3.63, 3.8) is 0 Å². The first-order valence-corrected chi connectivity index (χ1v) is 8.59. The van der Waals surface area contributed by atoms with E-state index in [0.717, 1.165) is 6.54 Å². The molecule has 0 aliphatic heterocycles. The van der Waals surface area contributed by atoms with Gasteiger partial charge < -0.3 is 5.32 Å². The van der Waals surface area contributed by atoms with Gasteiger partial charge in [0.05, 0.1) is 17.9 Å². The number of nitrogens with zero attached hydrogens (tertiary/aromatic N) is 2. The van der Waals surface area contributed by atoms with Gasteiger partial charge in [-0.2, -0.15) is 5.10 Å². The molecular formula is C13H24N4O2S. The largest absolute Gasteiger partial charge is 0.312 e. The minimum Gasteiger partial charge on any atom is -0.312 e. The van der Waals surface area contributed by atoms with Gasteiger partial charge in [0.15, 0.2) is 0 Å². The van der Waals surface area contributed by atoms with Crippen molar-refractivity contribution in [2.75, 3.05) is 6.54 Å². The van der Waals surface area contributed by atoms with E-state index in [9.17, 15) is 8.42 Å². The summed E-state index contributed by atoms with van der Waals surface area (Å²) in [4.78, 5) is 0.317. The Bertz CT molecular complexity index is 573. The van der Waals surface area contributed by atoms with Gasteiger partial charge in [-0.15, -0.1) is 0 Å². The predicted molar refractivity (Wildman–Crippen MR) is 78.2 cm³/mol. The molecule has 1 aliphatic carbocycles. The lowest BCUT2D eigenvalue weighted by atomic mass is 10.4. The van der Waals surface area contributed by atoms with Crippen LogP contribution in [-0.2, 0) is 16.6 Å². The molecule has 0 amide bonds. The van der Waals surface area contributed by atoms with E-state index >= 15 is 0 Å². The normalized spacial score (nSPS) is 16.1. The maximum atomic E-state index is 12.3. The second-order valence-corrected chi connectivity index (χ2v) is 7.38. The fourth-order valence-electron chi connectivity index (χ4n) is 2.32. The van der Waals surface area contributed by atoms with Crippen LogP contribution in [0.3, 0.4) is 0 Å². The van der Waals surface area contributed by atoms with Gasteiger partial charge in [0.2, 0.25) is 10.0 Å². The van der Waals surface area contributed by atoms with Gasteiger partial charge in [-0.3, -0.25) is 4.68 Å². The molecule has 0 aromatic carbocycles. The molecule has 114 valence electrons. The minimum atomic E-state index is -3.48. The molecule has 6 nitrogen and oxygen atoms in total. The summed E-state index contributed by atoms with van der Waals surface area (Å²) < 4.78 is 29.0. The second-order valence-electron chi connectivity index (χ2n) is 5.73. The molecule has 1 saturated carbocycles. The SMILES string of the molecule is Cc1nn(CCNC2CC2)c(C)c1S(=O)(=O)NC(C)C. The maximum Gasteiger partial charge on any atom is 0.244 e. The molecule has 1 heterocycles. The van der Waals surface area contributed by atoms with Crippen LogP contribution in [0.25, 0.3) is 0 Å². The monoisotopic (exact) mass is 300 g/mol. The van der Waals surface area contributed by atoms with E-state index in [1.165, 1.54) is 12.8 Å². The van der Waals surface area contributed by atoms with Crippen molar-refractivity contribution in [3.8, 4) is 0 Å². The second kappa shape index (κ2) is 5.83. The van der Waals surface area contributed by atoms with Gasteiger partial charge in [0, 0.05) is 18.6 Å². The van der Waals surface area contributed by atoms with Crippen LogP contribution in [0.1, 0.15) is 38.1 Å². The van der Waals surface area contributed by atoms with E-state index in [2.05, 4.69) is 15.1 Å². The minimum absolute atomic E-state index is 0.126. The predicted octanol–water partition coefficient (Wildman–Crippen LogP) is 0.939. The fraction of sp³-hybridized carbons (Fsp3) is 0.769. The van der Waals surface area contributed by atoms with Crippen LogP contribution < -0.4 is 10.0 Å². The van der Waals surface area contributed by atoms with Crippen LogP contribution in [0.4, 0.5) is 0 Å². The molecule has 1 aliphatic rings. The van der Waals surface area contributed by atoms with Crippen LogP contribution in [0.15, 0.2) is 4.90 Å². The molecule has 7 heteroatoms. The van der Waals surface area contributed by atoms with Crippen LogP contribution in [0, 0.1) is 13.8 Å². The van der Waals surface area contributed by atoms with Crippen LogP contribution in [0.2, 0.25) is 0 Å². The molecule has 0 unspecified atom stereocenters. The lowest BCUT2D eigenvalue weighted by Crippen LogP contribution is -2.31. The van der Waals surface area contributed by atoms with Crippen molar-refractivity contribution in [1.29, 1.82) is 0 Å². The number of hydrogen-bond donors (Lipinski definition) is 2. The summed E-state index contributed by atoms with van der Waals surface area (Å²) in [6.07, 6.45) is 2.49. The van der Waals surface area contributed by atoms with Gasteiger partial charge in [-0.1, -0.05) is 0 Å². The van der Waals surface area contributed by atoms with Crippen molar-refractivity contribution in [3.05, 3.63) is 11.4 Å². The summed E-state index contributed by atoms with van der Waals surface area (Å²) in [7, 11) is -3.48. The summed E-state index contributed by atoms with van der Waals surface area (Å²) in [5, 5.41) is 7.76. The molecular weight excluding hydrogens is 276 g/mol. The number of rotatable bonds is 7. The van der Waals surface area contributed by atoms with Crippen LogP contribution >= 0.6 is 0 Å². The Labute approximate surface area is 121 Å². The first-order chi connectivity index (χ1) is 9.31. The topological polar surface area (TPSA) is 76.0 Å². The zero-order valence-corrected chi connectivity index (χ0v) is 13.4. The standard InChI is InChI=1S/C13H24N4O2S/c1-9(2)16-20(18,19)13-10(3)15-17(11(13)4)8-7-14-12-5-6-12/h9,12,14,16H,5-8H2,1-4H3. The third-order valence-electron chi connectivity index (χ3n) is 3.31. The third kappa shape index (κ3) is 3.59. The first-order valence-electron chi connectivity index (χ1n) is 7.11. The molecule has 1 fully saturated rings. The zero-order chi connectivity index (χ0) is 14.9. The number of aromatic nitrogens is 2. The first kappa shape index (κ1) is 15.5. The Balaban J connectivity index is 2.14. The van der Waals surface area contributed by atoms with Gasteiger partial charge in [-0.05, 0) is 40.5 Å². The summed E-state index contributed by atoms with van der Waals surface area (Å²) >= 11 is 0. The molecule has 0 bridgehead atoms. The molecule has 1 aromatic rings. The quantitative estimate of drug-likeness (QED) is 0.786. The van der Waals surface area contributed by atoms with Crippen molar-refractivity contribution < 1.29 is 8.42 Å². The van der Waals surface area contributed by atoms with Crippen LogP contribution in [0.5, 0.6) is 0 Å². The summed E-state index contributed by atoms with van der Waals surface area (Å²) in [5.41, 5.74) is 1.26. The van der Waals surface area contributed by atoms with Crippen molar-refractivity contribution in [2.45, 2.75) is 64.1 Å². The van der Waals surface area contributed by atoms with Crippen molar-refractivity contribution in [2.24, 2.45) is 0 Å². The van der Waals surface area contributed by atoms with Crippen molar-refractivity contribution in [1.82, 2.24) is 19.8 Å². The summed E-state index contributed by atoms with van der Waals surface area (Å²) in [6.45, 7) is 8.70. The molecule has 0 saturated heterocycles. The summed E-state index contributed by atoms with van der Waals surface area (Å²) in [6, 6.07) is 0.524. The Morgan fingerprint density at radius 2 is 2.00 bits per heavy atom. The molecule has 0 radical (unpaired) electrons. The Hall–Kier alpha value is -0.920. The molecule has 2 rings (SSSR count). The smallest absolute Gasteiger partial charge is 0.244 e. The molecule has 0 atom stereocenters. The van der Waals surface area contributed by atoms with Crippen molar-refractivity contribution >= 4 is 10.0 Å².